The van der Waals surface area contributed by atoms with Gasteiger partial charge in [-0.25, -0.2) is 4.79 Å². The van der Waals surface area contributed by atoms with Gasteiger partial charge in [0.1, 0.15) is 6.61 Å². The van der Waals surface area contributed by atoms with Crippen LogP contribution in [0.1, 0.15) is 13.3 Å². The van der Waals surface area contributed by atoms with Crippen molar-refractivity contribution in [1.29, 1.82) is 0 Å². The van der Waals surface area contributed by atoms with Crippen LogP contribution in [0.5, 0.6) is 0 Å². The maximum atomic E-state index is 11.0. The summed E-state index contributed by atoms with van der Waals surface area (Å²) in [5.74, 6) is 0. The van der Waals surface area contributed by atoms with E-state index >= 15 is 0 Å². The molecule has 7 heteroatoms. The van der Waals surface area contributed by atoms with E-state index in [4.69, 9.17) is 4.74 Å². The molecule has 0 amide bonds. The summed E-state index contributed by atoms with van der Waals surface area (Å²) in [6.07, 6.45) is 2.21. The van der Waals surface area contributed by atoms with Crippen molar-refractivity contribution in [3.05, 3.63) is 0 Å². The van der Waals surface area contributed by atoms with Crippen LogP contribution in [0.4, 0.5) is 4.79 Å². The molecule has 0 aromatic carbocycles. The summed E-state index contributed by atoms with van der Waals surface area (Å²) in [5.41, 5.74) is 0. The molecule has 0 spiro atoms. The van der Waals surface area contributed by atoms with Crippen molar-refractivity contribution in [2.75, 3.05) is 19.6 Å². The quantitative estimate of drug-likeness (QED) is 0.306. The second kappa shape index (κ2) is 10.3. The predicted octanol–water partition coefficient (Wildman–Crippen LogP) is 2.99. The fraction of sp³-hybridized carbons (Fsp3) is 0.750. The highest BCUT2D eigenvalue weighted by atomic mass is 33.1. The minimum atomic E-state index is -0.718. The Kier molecular flexibility index (Phi) is 10.1. The van der Waals surface area contributed by atoms with Crippen LogP contribution < -0.4 is 0 Å². The molecule has 0 aliphatic rings. The molecule has 0 aromatic rings. The van der Waals surface area contributed by atoms with Gasteiger partial charge >= 0.3 is 6.16 Å². The molecule has 86 valence electrons. The molecule has 0 saturated heterocycles. The lowest BCUT2D eigenvalue weighted by Gasteiger charge is -2.12. The summed E-state index contributed by atoms with van der Waals surface area (Å²) in [5, 5.41) is 2.38. The van der Waals surface area contributed by atoms with Crippen molar-refractivity contribution in [1.82, 2.24) is 0 Å². The molecule has 0 rings (SSSR count). The van der Waals surface area contributed by atoms with Gasteiger partial charge in [0.2, 0.25) is 0 Å². The number of thiocarbonyl (C=S) groups is 1. The van der Waals surface area contributed by atoms with Gasteiger partial charge < -0.3 is 9.47 Å². The molecule has 0 heterocycles. The van der Waals surface area contributed by atoms with E-state index in [9.17, 15) is 4.79 Å². The van der Waals surface area contributed by atoms with Crippen LogP contribution >= 0.6 is 33.8 Å². The Balaban J connectivity index is 3.63. The number of ether oxygens (including phenoxy) is 2. The number of carbonyl (C=O) groups is 1. The van der Waals surface area contributed by atoms with Gasteiger partial charge in [-0.15, -0.1) is 0 Å². The van der Waals surface area contributed by atoms with Gasteiger partial charge in [0, 0.05) is 5.25 Å². The molecule has 0 radical (unpaired) electrons. The van der Waals surface area contributed by atoms with Gasteiger partial charge in [-0.2, -0.15) is 4.99 Å². The van der Waals surface area contributed by atoms with Crippen molar-refractivity contribution < 1.29 is 14.3 Å². The average Bonchev–Trinajstić information content (AvgIpc) is 2.24. The topological polar surface area (TPSA) is 47.9 Å². The first-order valence-electron chi connectivity index (χ1n) is 4.27. The summed E-state index contributed by atoms with van der Waals surface area (Å²) < 4.78 is 9.46. The summed E-state index contributed by atoms with van der Waals surface area (Å²) in [4.78, 5) is 14.4. The molecule has 0 bridgehead atoms. The van der Waals surface area contributed by atoms with Crippen LogP contribution in [-0.4, -0.2) is 36.2 Å². The number of isothiocyanates is 1. The van der Waals surface area contributed by atoms with Crippen LogP contribution in [0, 0.1) is 0 Å². The van der Waals surface area contributed by atoms with Crippen molar-refractivity contribution in [3.8, 4) is 0 Å². The Morgan fingerprint density at radius 1 is 1.60 bits per heavy atom. The van der Waals surface area contributed by atoms with E-state index in [0.717, 1.165) is 6.42 Å². The number of rotatable bonds is 7. The van der Waals surface area contributed by atoms with Gasteiger partial charge in [-0.05, 0) is 24.9 Å². The molecule has 0 saturated carbocycles. The molecule has 0 fully saturated rings. The number of carbonyl (C=O) groups excluding carboxylic acids is 1. The van der Waals surface area contributed by atoms with Crippen LogP contribution in [0.2, 0.25) is 0 Å². The Labute approximate surface area is 103 Å². The minimum Gasteiger partial charge on any atom is -0.433 e. The Bertz CT molecular complexity index is 231. The van der Waals surface area contributed by atoms with E-state index in [1.807, 2.05) is 13.2 Å². The molecule has 15 heavy (non-hydrogen) atoms. The van der Waals surface area contributed by atoms with E-state index in [1.54, 1.807) is 21.6 Å². The van der Waals surface area contributed by atoms with E-state index < -0.39 is 6.16 Å². The number of aliphatic imine (C=N–C) groups is 1. The predicted molar refractivity (Wildman–Crippen MR) is 67.5 cm³/mol. The van der Waals surface area contributed by atoms with Gasteiger partial charge in [-0.3, -0.25) is 0 Å². The lowest BCUT2D eigenvalue weighted by Crippen LogP contribution is -2.15. The molecule has 1 unspecified atom stereocenters. The first-order chi connectivity index (χ1) is 7.24. The Morgan fingerprint density at radius 2 is 2.33 bits per heavy atom. The fourth-order valence-electron chi connectivity index (χ4n) is 0.664. The smallest absolute Gasteiger partial charge is 0.433 e. The summed E-state index contributed by atoms with van der Waals surface area (Å²) in [7, 11) is 3.33. The molecular weight excluding hydrogens is 254 g/mol. The van der Waals surface area contributed by atoms with Gasteiger partial charge in [-0.1, -0.05) is 28.5 Å². The number of nitrogens with zero attached hydrogens (tertiary/aromatic N) is 1. The SMILES string of the molecule is CCC(COC(=O)OCN=C=S)SSC. The lowest BCUT2D eigenvalue weighted by molar-refractivity contribution is 0.0579. The third-order valence-electron chi connectivity index (χ3n) is 1.39. The highest BCUT2D eigenvalue weighted by Gasteiger charge is 2.10. The minimum absolute atomic E-state index is 0.130. The summed E-state index contributed by atoms with van der Waals surface area (Å²) in [6.45, 7) is 2.26. The van der Waals surface area contributed by atoms with E-state index in [0.29, 0.717) is 11.9 Å². The van der Waals surface area contributed by atoms with Crippen LogP contribution in [0.25, 0.3) is 0 Å². The van der Waals surface area contributed by atoms with E-state index in [2.05, 4.69) is 27.1 Å². The summed E-state index contributed by atoms with van der Waals surface area (Å²) >= 11 is 4.31. The molecule has 0 aliphatic carbocycles. The largest absolute Gasteiger partial charge is 0.510 e. The average molecular weight is 267 g/mol. The summed E-state index contributed by atoms with van der Waals surface area (Å²) in [6, 6.07) is 0. The zero-order valence-electron chi connectivity index (χ0n) is 8.60. The van der Waals surface area contributed by atoms with Crippen molar-refractivity contribution in [3.63, 3.8) is 0 Å². The van der Waals surface area contributed by atoms with E-state index in [-0.39, 0.29) is 6.73 Å². The molecule has 0 aliphatic heterocycles. The molecule has 4 nitrogen and oxygen atoms in total. The highest BCUT2D eigenvalue weighted by molar-refractivity contribution is 8.76. The number of hydrogen-bond donors (Lipinski definition) is 0. The molecular formula is C8H13NO3S3. The fourth-order valence-corrected chi connectivity index (χ4v) is 2.64. The molecule has 1 atom stereocenters. The van der Waals surface area contributed by atoms with Gasteiger partial charge in [0.25, 0.3) is 0 Å². The third-order valence-corrected chi connectivity index (χ3v) is 3.84. The van der Waals surface area contributed by atoms with Crippen molar-refractivity contribution in [2.24, 2.45) is 4.99 Å². The van der Waals surface area contributed by atoms with Crippen molar-refractivity contribution in [2.45, 2.75) is 18.6 Å². The monoisotopic (exact) mass is 267 g/mol. The van der Waals surface area contributed by atoms with Crippen molar-refractivity contribution >= 4 is 45.1 Å². The second-order valence-corrected chi connectivity index (χ2v) is 5.33. The second-order valence-electron chi connectivity index (χ2n) is 2.38. The van der Waals surface area contributed by atoms with Gasteiger partial charge in [0.15, 0.2) is 6.73 Å². The number of hydrogen-bond acceptors (Lipinski definition) is 7. The van der Waals surface area contributed by atoms with Crippen LogP contribution in [0.3, 0.4) is 0 Å². The van der Waals surface area contributed by atoms with Crippen LogP contribution in [0.15, 0.2) is 4.99 Å². The Morgan fingerprint density at radius 3 is 2.87 bits per heavy atom. The normalized spacial score (nSPS) is 11.3. The van der Waals surface area contributed by atoms with Crippen LogP contribution in [-0.2, 0) is 9.47 Å². The van der Waals surface area contributed by atoms with E-state index in [1.165, 1.54) is 0 Å². The molecule has 0 aromatic heterocycles. The third kappa shape index (κ3) is 8.74. The standard InChI is InChI=1S/C8H13NO3S3/c1-3-7(15-14-2)4-11-8(10)12-5-9-6-13/h7H,3-5H2,1-2H3. The zero-order valence-corrected chi connectivity index (χ0v) is 11.0. The first kappa shape index (κ1) is 14.8. The maximum Gasteiger partial charge on any atom is 0.510 e. The lowest BCUT2D eigenvalue weighted by atomic mass is 10.3. The zero-order chi connectivity index (χ0) is 11.5. The first-order valence-corrected chi connectivity index (χ1v) is 7.30. The maximum absolute atomic E-state index is 11.0. The highest BCUT2D eigenvalue weighted by Crippen LogP contribution is 2.25. The van der Waals surface area contributed by atoms with Gasteiger partial charge in [0.05, 0.1) is 5.16 Å². The molecule has 0 N–H and O–H groups in total. The Hall–Kier alpha value is -0.230.